The van der Waals surface area contributed by atoms with E-state index in [4.69, 9.17) is 11.6 Å². The van der Waals surface area contributed by atoms with Crippen LogP contribution in [0.4, 0.5) is 0 Å². The van der Waals surface area contributed by atoms with Crippen molar-refractivity contribution in [1.82, 2.24) is 15.3 Å². The van der Waals surface area contributed by atoms with Gasteiger partial charge in [-0.2, -0.15) is 0 Å². The lowest BCUT2D eigenvalue weighted by atomic mass is 10.1. The minimum absolute atomic E-state index is 0.0188. The van der Waals surface area contributed by atoms with Crippen molar-refractivity contribution in [2.75, 3.05) is 5.88 Å². The van der Waals surface area contributed by atoms with Gasteiger partial charge in [0, 0.05) is 12.3 Å². The van der Waals surface area contributed by atoms with Crippen LogP contribution in [0.2, 0.25) is 0 Å². The Morgan fingerprint density at radius 2 is 2.05 bits per heavy atom. The quantitative estimate of drug-likeness (QED) is 0.565. The van der Waals surface area contributed by atoms with E-state index in [1.807, 2.05) is 25.1 Å². The molecule has 1 aromatic carbocycles. The summed E-state index contributed by atoms with van der Waals surface area (Å²) in [5.74, 6) is 0.602. The molecule has 20 heavy (non-hydrogen) atoms. The Morgan fingerprint density at radius 1 is 1.30 bits per heavy atom. The van der Waals surface area contributed by atoms with Crippen LogP contribution in [0.3, 0.4) is 0 Å². The minimum atomic E-state index is -0.227. The minimum Gasteiger partial charge on any atom is -0.350 e. The van der Waals surface area contributed by atoms with Crippen LogP contribution in [0.5, 0.6) is 0 Å². The summed E-state index contributed by atoms with van der Waals surface area (Å²) in [7, 11) is 0. The van der Waals surface area contributed by atoms with Crippen LogP contribution in [0.1, 0.15) is 37.8 Å². The number of benzene rings is 1. The molecule has 6 heteroatoms. The maximum atomic E-state index is 11.8. The number of imidazole rings is 1. The van der Waals surface area contributed by atoms with Crippen LogP contribution in [0.25, 0.3) is 11.0 Å². The number of unbranched alkanes of at least 4 members (excludes halogenated alkanes) is 1. The lowest BCUT2D eigenvalue weighted by Gasteiger charge is -2.14. The first-order valence-corrected chi connectivity index (χ1v) is 7.21. The molecule has 0 bridgehead atoms. The van der Waals surface area contributed by atoms with Gasteiger partial charge in [0.15, 0.2) is 0 Å². The van der Waals surface area contributed by atoms with E-state index in [0.717, 1.165) is 29.4 Å². The van der Waals surface area contributed by atoms with Gasteiger partial charge in [-0.3, -0.25) is 4.79 Å². The van der Waals surface area contributed by atoms with E-state index in [1.54, 1.807) is 0 Å². The van der Waals surface area contributed by atoms with Gasteiger partial charge < -0.3 is 15.3 Å². The molecule has 1 atom stereocenters. The van der Waals surface area contributed by atoms with Crippen LogP contribution >= 0.6 is 11.6 Å². The number of hydrogen-bond acceptors (Lipinski definition) is 2. The Hall–Kier alpha value is -1.75. The van der Waals surface area contributed by atoms with Crippen molar-refractivity contribution >= 4 is 28.5 Å². The normalized spacial score (nSPS) is 12.5. The second-order valence-corrected chi connectivity index (χ2v) is 5.20. The number of carbonyl (C=O) groups excluding carboxylic acids is 1. The van der Waals surface area contributed by atoms with Crippen LogP contribution in [-0.2, 0) is 4.79 Å². The smallest absolute Gasteiger partial charge is 0.323 e. The maximum Gasteiger partial charge on any atom is 0.323 e. The summed E-state index contributed by atoms with van der Waals surface area (Å²) in [5.41, 5.74) is 2.24. The van der Waals surface area contributed by atoms with Crippen molar-refractivity contribution in [2.24, 2.45) is 0 Å². The Labute approximate surface area is 121 Å². The molecule has 1 heterocycles. The number of fused-ring (bicyclic) bond motifs is 1. The monoisotopic (exact) mass is 295 g/mol. The van der Waals surface area contributed by atoms with Crippen molar-refractivity contribution in [3.05, 3.63) is 34.2 Å². The molecule has 0 aliphatic rings. The zero-order valence-electron chi connectivity index (χ0n) is 11.3. The van der Waals surface area contributed by atoms with Crippen molar-refractivity contribution < 1.29 is 4.79 Å². The van der Waals surface area contributed by atoms with Gasteiger partial charge in [-0.1, -0.05) is 6.07 Å². The summed E-state index contributed by atoms with van der Waals surface area (Å²) in [6.07, 6.45) is 2.13. The van der Waals surface area contributed by atoms with E-state index in [-0.39, 0.29) is 17.6 Å². The van der Waals surface area contributed by atoms with Gasteiger partial charge in [-0.15, -0.1) is 11.6 Å². The zero-order valence-corrected chi connectivity index (χ0v) is 12.1. The van der Waals surface area contributed by atoms with E-state index < -0.39 is 0 Å². The molecule has 1 amide bonds. The Morgan fingerprint density at radius 3 is 2.80 bits per heavy atom. The van der Waals surface area contributed by atoms with Crippen molar-refractivity contribution in [2.45, 2.75) is 32.2 Å². The number of rotatable bonds is 6. The molecule has 1 aromatic heterocycles. The first kappa shape index (κ1) is 14.7. The average molecular weight is 296 g/mol. The summed E-state index contributed by atoms with van der Waals surface area (Å²) in [6.45, 7) is 1.92. The standard InChI is InChI=1S/C14H18ClN3O2/c1-9(16-13(19)4-2-3-7-15)10-5-6-11-12(8-10)18-14(20)17-11/h5-6,8-9H,2-4,7H2,1H3,(H,16,19)(H2,17,18,20). The summed E-state index contributed by atoms with van der Waals surface area (Å²) in [6, 6.07) is 5.51. The second kappa shape index (κ2) is 6.61. The fourth-order valence-electron chi connectivity index (χ4n) is 2.10. The number of H-pyrrole nitrogens is 2. The molecular weight excluding hydrogens is 278 g/mol. The molecule has 1 unspecified atom stereocenters. The van der Waals surface area contributed by atoms with E-state index in [2.05, 4.69) is 15.3 Å². The zero-order chi connectivity index (χ0) is 14.5. The van der Waals surface area contributed by atoms with Gasteiger partial charge in [-0.25, -0.2) is 4.79 Å². The molecule has 0 saturated heterocycles. The Bertz CT molecular complexity index is 647. The first-order valence-electron chi connectivity index (χ1n) is 6.67. The molecule has 2 aromatic rings. The lowest BCUT2D eigenvalue weighted by Crippen LogP contribution is -2.26. The number of alkyl halides is 1. The highest BCUT2D eigenvalue weighted by Gasteiger charge is 2.10. The SMILES string of the molecule is CC(NC(=O)CCCCCl)c1ccc2[nH]c(=O)[nH]c2c1. The average Bonchev–Trinajstić information content (AvgIpc) is 2.77. The van der Waals surface area contributed by atoms with Gasteiger partial charge in [0.1, 0.15) is 0 Å². The molecule has 0 saturated carbocycles. The summed E-state index contributed by atoms with van der Waals surface area (Å²) in [4.78, 5) is 28.4. The summed E-state index contributed by atoms with van der Waals surface area (Å²) >= 11 is 5.58. The summed E-state index contributed by atoms with van der Waals surface area (Å²) in [5, 5.41) is 2.94. The Balaban J connectivity index is 2.01. The second-order valence-electron chi connectivity index (χ2n) is 4.82. The van der Waals surface area contributed by atoms with Crippen molar-refractivity contribution in [3.8, 4) is 0 Å². The molecule has 3 N–H and O–H groups in total. The van der Waals surface area contributed by atoms with E-state index in [0.29, 0.717) is 12.3 Å². The fourth-order valence-corrected chi connectivity index (χ4v) is 2.29. The number of aromatic amines is 2. The van der Waals surface area contributed by atoms with Crippen LogP contribution in [0.15, 0.2) is 23.0 Å². The molecular formula is C14H18ClN3O2. The van der Waals surface area contributed by atoms with Crippen molar-refractivity contribution in [1.29, 1.82) is 0 Å². The van der Waals surface area contributed by atoms with Gasteiger partial charge in [-0.05, 0) is 37.5 Å². The third-order valence-corrected chi connectivity index (χ3v) is 3.47. The predicted octanol–water partition coefficient (Wildman–Crippen LogP) is 2.44. The molecule has 0 aliphatic heterocycles. The summed E-state index contributed by atoms with van der Waals surface area (Å²) < 4.78 is 0. The molecule has 0 radical (unpaired) electrons. The number of aromatic nitrogens is 2. The Kier molecular flexibility index (Phi) is 4.84. The van der Waals surface area contributed by atoms with Gasteiger partial charge in [0.25, 0.3) is 0 Å². The van der Waals surface area contributed by atoms with E-state index in [1.165, 1.54) is 0 Å². The van der Waals surface area contributed by atoms with Crippen LogP contribution < -0.4 is 11.0 Å². The van der Waals surface area contributed by atoms with Crippen LogP contribution in [-0.4, -0.2) is 21.8 Å². The highest BCUT2D eigenvalue weighted by Crippen LogP contribution is 2.17. The maximum absolute atomic E-state index is 11.8. The van der Waals surface area contributed by atoms with E-state index >= 15 is 0 Å². The first-order chi connectivity index (χ1) is 9.60. The molecule has 5 nitrogen and oxygen atoms in total. The van der Waals surface area contributed by atoms with Gasteiger partial charge >= 0.3 is 5.69 Å². The molecule has 2 rings (SSSR count). The molecule has 108 valence electrons. The number of halogens is 1. The number of amides is 1. The molecule has 0 spiro atoms. The largest absolute Gasteiger partial charge is 0.350 e. The number of nitrogens with one attached hydrogen (secondary N) is 3. The fraction of sp³-hybridized carbons (Fsp3) is 0.429. The van der Waals surface area contributed by atoms with Gasteiger partial charge in [0.05, 0.1) is 17.1 Å². The number of carbonyl (C=O) groups is 1. The third-order valence-electron chi connectivity index (χ3n) is 3.20. The molecule has 0 fully saturated rings. The van der Waals surface area contributed by atoms with Gasteiger partial charge in [0.2, 0.25) is 5.91 Å². The highest BCUT2D eigenvalue weighted by molar-refractivity contribution is 6.17. The number of hydrogen-bond donors (Lipinski definition) is 3. The predicted molar refractivity (Wildman–Crippen MR) is 80.0 cm³/mol. The topological polar surface area (TPSA) is 77.8 Å². The lowest BCUT2D eigenvalue weighted by molar-refractivity contribution is -0.121. The van der Waals surface area contributed by atoms with E-state index in [9.17, 15) is 9.59 Å². The highest BCUT2D eigenvalue weighted by atomic mass is 35.5. The van der Waals surface area contributed by atoms with Crippen LogP contribution in [0, 0.1) is 0 Å². The molecule has 0 aliphatic carbocycles. The third kappa shape index (κ3) is 3.63. The van der Waals surface area contributed by atoms with Crippen molar-refractivity contribution in [3.63, 3.8) is 0 Å².